The number of hydrogen-bond acceptors (Lipinski definition) is 4. The minimum atomic E-state index is -3.91. The second-order valence-electron chi connectivity index (χ2n) is 6.45. The van der Waals surface area contributed by atoms with Crippen LogP contribution in [0.2, 0.25) is 5.02 Å². The van der Waals surface area contributed by atoms with Gasteiger partial charge in [0.2, 0.25) is 5.91 Å². The molecule has 0 saturated heterocycles. The van der Waals surface area contributed by atoms with Crippen molar-refractivity contribution in [1.29, 1.82) is 0 Å². The molecule has 0 aliphatic heterocycles. The van der Waals surface area contributed by atoms with E-state index in [0.717, 1.165) is 11.1 Å². The van der Waals surface area contributed by atoms with E-state index in [2.05, 4.69) is 5.32 Å². The molecule has 3 aromatic carbocycles. The lowest BCUT2D eigenvalue weighted by molar-refractivity contribution is -0.113. The first-order valence-corrected chi connectivity index (χ1v) is 11.0. The quantitative estimate of drug-likeness (QED) is 0.572. The molecular formula is C22H18ClNO4S. The number of anilines is 1. The van der Waals surface area contributed by atoms with E-state index in [4.69, 9.17) is 11.6 Å². The third-order valence-corrected chi connectivity index (χ3v) is 5.80. The third kappa shape index (κ3) is 6.01. The number of carbonyl (C=O) groups excluding carboxylic acids is 2. The van der Waals surface area contributed by atoms with E-state index in [1.807, 2.05) is 30.3 Å². The van der Waals surface area contributed by atoms with E-state index in [9.17, 15) is 18.0 Å². The summed E-state index contributed by atoms with van der Waals surface area (Å²) in [4.78, 5) is 24.4. The predicted molar refractivity (Wildman–Crippen MR) is 115 cm³/mol. The highest BCUT2D eigenvalue weighted by molar-refractivity contribution is 7.92. The number of hydrogen-bond donors (Lipinski definition) is 1. The van der Waals surface area contributed by atoms with Crippen LogP contribution >= 0.6 is 11.6 Å². The molecule has 0 spiro atoms. The summed E-state index contributed by atoms with van der Waals surface area (Å²) in [6.45, 7) is 0. The normalized spacial score (nSPS) is 11.1. The molecule has 0 radical (unpaired) electrons. The van der Waals surface area contributed by atoms with Gasteiger partial charge in [-0.25, -0.2) is 8.42 Å². The molecule has 29 heavy (non-hydrogen) atoms. The Kier molecular flexibility index (Phi) is 6.46. The molecule has 0 bridgehead atoms. The first kappa shape index (κ1) is 20.8. The Morgan fingerprint density at radius 1 is 0.759 bits per heavy atom. The maximum atomic E-state index is 12.4. The van der Waals surface area contributed by atoms with Crippen molar-refractivity contribution in [2.75, 3.05) is 16.8 Å². The van der Waals surface area contributed by atoms with Crippen LogP contribution in [0.3, 0.4) is 0 Å². The van der Waals surface area contributed by atoms with Crippen LogP contribution in [-0.2, 0) is 14.6 Å². The molecule has 0 unspecified atom stereocenters. The van der Waals surface area contributed by atoms with Crippen LogP contribution in [0.4, 0.5) is 5.69 Å². The van der Waals surface area contributed by atoms with Crippen LogP contribution in [0.25, 0.3) is 11.1 Å². The molecule has 5 nitrogen and oxygen atoms in total. The van der Waals surface area contributed by atoms with Gasteiger partial charge in [0.15, 0.2) is 15.6 Å². The summed E-state index contributed by atoms with van der Waals surface area (Å²) in [5.74, 6) is -2.77. The molecule has 1 amide bonds. The van der Waals surface area contributed by atoms with E-state index in [0.29, 0.717) is 10.7 Å². The third-order valence-electron chi connectivity index (χ3n) is 4.14. The lowest BCUT2D eigenvalue weighted by Gasteiger charge is -2.07. The number of amides is 1. The van der Waals surface area contributed by atoms with Crippen LogP contribution in [0.15, 0.2) is 78.9 Å². The van der Waals surface area contributed by atoms with Crippen molar-refractivity contribution in [3.05, 3.63) is 89.4 Å². The fourth-order valence-electron chi connectivity index (χ4n) is 2.74. The molecule has 0 fully saturated rings. The van der Waals surface area contributed by atoms with E-state index >= 15 is 0 Å². The van der Waals surface area contributed by atoms with Gasteiger partial charge in [-0.05, 0) is 35.4 Å². The van der Waals surface area contributed by atoms with Crippen molar-refractivity contribution in [3.63, 3.8) is 0 Å². The Labute approximate surface area is 174 Å². The Morgan fingerprint density at radius 2 is 1.34 bits per heavy atom. The SMILES string of the molecule is O=C(CS(=O)(=O)CC(=O)c1ccc(-c2ccccc2)cc1)Nc1ccc(Cl)cc1. The largest absolute Gasteiger partial charge is 0.325 e. The zero-order valence-electron chi connectivity index (χ0n) is 15.3. The number of carbonyl (C=O) groups is 2. The summed E-state index contributed by atoms with van der Waals surface area (Å²) in [5, 5.41) is 2.98. The molecule has 148 valence electrons. The summed E-state index contributed by atoms with van der Waals surface area (Å²) in [7, 11) is -3.91. The zero-order chi connectivity index (χ0) is 20.9. The van der Waals surface area contributed by atoms with Gasteiger partial charge in [0, 0.05) is 16.3 Å². The second-order valence-corrected chi connectivity index (χ2v) is 8.95. The van der Waals surface area contributed by atoms with Crippen LogP contribution in [0.1, 0.15) is 10.4 Å². The van der Waals surface area contributed by atoms with Crippen molar-refractivity contribution < 1.29 is 18.0 Å². The van der Waals surface area contributed by atoms with Gasteiger partial charge < -0.3 is 5.32 Å². The van der Waals surface area contributed by atoms with Gasteiger partial charge >= 0.3 is 0 Å². The average molecular weight is 428 g/mol. The van der Waals surface area contributed by atoms with E-state index in [1.54, 1.807) is 48.5 Å². The van der Waals surface area contributed by atoms with Crippen molar-refractivity contribution in [3.8, 4) is 11.1 Å². The second kappa shape index (κ2) is 9.03. The predicted octanol–water partition coefficient (Wildman–Crippen LogP) is 4.24. The fourth-order valence-corrected chi connectivity index (χ4v) is 4.01. The molecular weight excluding hydrogens is 410 g/mol. The van der Waals surface area contributed by atoms with Crippen LogP contribution in [0.5, 0.6) is 0 Å². The minimum absolute atomic E-state index is 0.284. The lowest BCUT2D eigenvalue weighted by atomic mass is 10.0. The molecule has 0 heterocycles. The van der Waals surface area contributed by atoms with Gasteiger partial charge in [-0.2, -0.15) is 0 Å². The molecule has 0 saturated carbocycles. The fraction of sp³-hybridized carbons (Fsp3) is 0.0909. The number of Topliss-reactive ketones (excluding diaryl/α,β-unsaturated/α-hetero) is 1. The Balaban J connectivity index is 1.61. The highest BCUT2D eigenvalue weighted by Gasteiger charge is 2.22. The van der Waals surface area contributed by atoms with Gasteiger partial charge in [-0.15, -0.1) is 0 Å². The van der Waals surface area contributed by atoms with Gasteiger partial charge in [0.25, 0.3) is 0 Å². The molecule has 3 rings (SSSR count). The standard InChI is InChI=1S/C22H18ClNO4S/c23-19-10-12-20(13-11-19)24-22(26)15-29(27,28)14-21(25)18-8-6-17(7-9-18)16-4-2-1-3-5-16/h1-13H,14-15H2,(H,24,26). The number of sulfone groups is 1. The maximum absolute atomic E-state index is 12.4. The zero-order valence-corrected chi connectivity index (χ0v) is 16.9. The molecule has 0 aliphatic rings. The minimum Gasteiger partial charge on any atom is -0.325 e. The van der Waals surface area contributed by atoms with E-state index in [-0.39, 0.29) is 5.56 Å². The van der Waals surface area contributed by atoms with E-state index < -0.39 is 33.0 Å². The average Bonchev–Trinajstić information content (AvgIpc) is 2.69. The summed E-state index contributed by atoms with van der Waals surface area (Å²) in [6.07, 6.45) is 0. The first-order valence-electron chi connectivity index (χ1n) is 8.77. The molecule has 7 heteroatoms. The maximum Gasteiger partial charge on any atom is 0.239 e. The van der Waals surface area contributed by atoms with Crippen molar-refractivity contribution in [1.82, 2.24) is 0 Å². The molecule has 1 N–H and O–H groups in total. The number of halogens is 1. The van der Waals surface area contributed by atoms with Gasteiger partial charge in [-0.3, -0.25) is 9.59 Å². The summed E-state index contributed by atoms with van der Waals surface area (Å²) in [6, 6.07) is 22.6. The Hall–Kier alpha value is -2.96. The van der Waals surface area contributed by atoms with Crippen LogP contribution in [-0.4, -0.2) is 31.6 Å². The molecule has 0 aromatic heterocycles. The molecule has 0 atom stereocenters. The smallest absolute Gasteiger partial charge is 0.239 e. The highest BCUT2D eigenvalue weighted by Crippen LogP contribution is 2.19. The van der Waals surface area contributed by atoms with Crippen molar-refractivity contribution in [2.45, 2.75) is 0 Å². The summed E-state index contributed by atoms with van der Waals surface area (Å²) < 4.78 is 24.5. The number of nitrogens with one attached hydrogen (secondary N) is 1. The molecule has 0 aliphatic carbocycles. The van der Waals surface area contributed by atoms with Crippen LogP contribution in [0, 0.1) is 0 Å². The van der Waals surface area contributed by atoms with Gasteiger partial charge in [-0.1, -0.05) is 66.2 Å². The number of ketones is 1. The Bertz CT molecular complexity index is 1110. The molecule has 3 aromatic rings. The van der Waals surface area contributed by atoms with E-state index in [1.165, 1.54) is 0 Å². The van der Waals surface area contributed by atoms with Gasteiger partial charge in [0.05, 0.1) is 0 Å². The summed E-state index contributed by atoms with van der Waals surface area (Å²) in [5.41, 5.74) is 2.63. The topological polar surface area (TPSA) is 80.3 Å². The number of rotatable bonds is 7. The Morgan fingerprint density at radius 3 is 1.97 bits per heavy atom. The van der Waals surface area contributed by atoms with Crippen molar-refractivity contribution in [2.24, 2.45) is 0 Å². The van der Waals surface area contributed by atoms with Crippen LogP contribution < -0.4 is 5.32 Å². The first-order chi connectivity index (χ1) is 13.8. The highest BCUT2D eigenvalue weighted by atomic mass is 35.5. The summed E-state index contributed by atoms with van der Waals surface area (Å²) >= 11 is 5.77. The lowest BCUT2D eigenvalue weighted by Crippen LogP contribution is -2.27. The van der Waals surface area contributed by atoms with Crippen molar-refractivity contribution >= 4 is 38.8 Å². The monoisotopic (exact) mass is 427 g/mol. The van der Waals surface area contributed by atoms with Gasteiger partial charge in [0.1, 0.15) is 11.5 Å². The number of benzene rings is 3.